The molecule has 3 amide bonds. The lowest BCUT2D eigenvalue weighted by Crippen LogP contribution is -2.58. The first kappa shape index (κ1) is 29.3. The van der Waals surface area contributed by atoms with E-state index in [9.17, 15) is 24.3 Å². The molecule has 0 aliphatic rings. The van der Waals surface area contributed by atoms with Gasteiger partial charge in [-0.3, -0.25) is 19.4 Å². The van der Waals surface area contributed by atoms with Gasteiger partial charge in [0.25, 0.3) is 0 Å². The Morgan fingerprint density at radius 2 is 1.40 bits per heavy atom. The van der Waals surface area contributed by atoms with Crippen LogP contribution in [0.4, 0.5) is 0 Å². The van der Waals surface area contributed by atoms with Crippen LogP contribution in [0.1, 0.15) is 18.4 Å². The van der Waals surface area contributed by atoms with Gasteiger partial charge in [-0.15, -0.1) is 0 Å². The summed E-state index contributed by atoms with van der Waals surface area (Å²) in [5.41, 5.74) is 17.1. The van der Waals surface area contributed by atoms with E-state index in [0.29, 0.717) is 12.0 Å². The highest BCUT2D eigenvalue weighted by molar-refractivity contribution is 5.94. The number of carbonyl (C=O) groups excluding carboxylic acids is 3. The standard InChI is InChI=1S/C21H33N7O7/c22-13(7-4-8-25-21(23)24)17(31)26-14(9-12-5-2-1-3-6-12)18(32)27-15(10-29)19(33)28-16(11-30)20(34)35/h1-3,5-6,13-16,29-30H,4,7-11,22H2,(H,26,31)(H,27,32)(H,28,33)(H,34,35)(H4,23,24,25). The molecule has 4 atom stereocenters. The molecule has 1 aromatic rings. The van der Waals surface area contributed by atoms with Crippen LogP contribution < -0.4 is 33.2 Å². The number of carboxylic acid groups (broad SMARTS) is 1. The van der Waals surface area contributed by atoms with Crippen LogP contribution in [0.3, 0.4) is 0 Å². The molecule has 12 N–H and O–H groups in total. The second-order valence-corrected chi connectivity index (χ2v) is 7.63. The maximum Gasteiger partial charge on any atom is 0.328 e. The fourth-order valence-corrected chi connectivity index (χ4v) is 2.91. The quantitative estimate of drug-likeness (QED) is 0.0649. The maximum atomic E-state index is 12.9. The first-order valence-corrected chi connectivity index (χ1v) is 10.8. The van der Waals surface area contributed by atoms with E-state index in [-0.39, 0.29) is 25.3 Å². The minimum absolute atomic E-state index is 0.0489. The van der Waals surface area contributed by atoms with Crippen molar-refractivity contribution in [2.45, 2.75) is 43.4 Å². The van der Waals surface area contributed by atoms with Gasteiger partial charge < -0.3 is 48.5 Å². The molecule has 0 saturated heterocycles. The number of hydrogen-bond donors (Lipinski definition) is 9. The zero-order valence-corrected chi connectivity index (χ0v) is 19.1. The van der Waals surface area contributed by atoms with Gasteiger partial charge in [0.05, 0.1) is 19.3 Å². The molecule has 14 nitrogen and oxygen atoms in total. The molecule has 0 bridgehead atoms. The van der Waals surface area contributed by atoms with Gasteiger partial charge in [0.2, 0.25) is 17.7 Å². The Kier molecular flexibility index (Phi) is 12.7. The molecule has 0 aliphatic heterocycles. The van der Waals surface area contributed by atoms with E-state index >= 15 is 0 Å². The lowest BCUT2D eigenvalue weighted by molar-refractivity contribution is -0.143. The van der Waals surface area contributed by atoms with E-state index in [0.717, 1.165) is 0 Å². The molecular formula is C21H33N7O7. The van der Waals surface area contributed by atoms with E-state index in [2.05, 4.69) is 15.6 Å². The maximum absolute atomic E-state index is 12.9. The van der Waals surface area contributed by atoms with Crippen LogP contribution in [0, 0.1) is 0 Å². The van der Waals surface area contributed by atoms with E-state index < -0.39 is 61.1 Å². The van der Waals surface area contributed by atoms with Crippen molar-refractivity contribution in [2.75, 3.05) is 19.8 Å². The molecule has 1 rings (SSSR count). The average molecular weight is 496 g/mol. The number of amides is 3. The summed E-state index contributed by atoms with van der Waals surface area (Å²) in [5, 5.41) is 34.4. The minimum Gasteiger partial charge on any atom is -0.480 e. The highest BCUT2D eigenvalue weighted by Crippen LogP contribution is 2.05. The molecule has 0 spiro atoms. The number of aliphatic carboxylic acids is 1. The highest BCUT2D eigenvalue weighted by Gasteiger charge is 2.30. The first-order chi connectivity index (χ1) is 16.6. The molecule has 0 radical (unpaired) electrons. The topological polar surface area (TPSA) is 255 Å². The van der Waals surface area contributed by atoms with Crippen molar-refractivity contribution in [3.63, 3.8) is 0 Å². The third kappa shape index (κ3) is 10.8. The van der Waals surface area contributed by atoms with Crippen LogP contribution >= 0.6 is 0 Å². The Hall–Kier alpha value is -3.75. The molecule has 194 valence electrons. The Balaban J connectivity index is 2.90. The molecule has 0 fully saturated rings. The molecule has 0 saturated carbocycles. The summed E-state index contributed by atoms with van der Waals surface area (Å²) in [6.07, 6.45) is 0.708. The Morgan fingerprint density at radius 3 is 1.94 bits per heavy atom. The second kappa shape index (κ2) is 15.2. The number of rotatable bonds is 15. The predicted molar refractivity (Wildman–Crippen MR) is 126 cm³/mol. The van der Waals surface area contributed by atoms with Gasteiger partial charge in [0.1, 0.15) is 18.1 Å². The van der Waals surface area contributed by atoms with Gasteiger partial charge in [-0.2, -0.15) is 0 Å². The van der Waals surface area contributed by atoms with Crippen LogP contribution in [0.5, 0.6) is 0 Å². The summed E-state index contributed by atoms with van der Waals surface area (Å²) < 4.78 is 0. The van der Waals surface area contributed by atoms with Gasteiger partial charge in [-0.05, 0) is 18.4 Å². The number of hydrogen-bond acceptors (Lipinski definition) is 8. The zero-order valence-electron chi connectivity index (χ0n) is 19.1. The summed E-state index contributed by atoms with van der Waals surface area (Å²) in [7, 11) is 0. The summed E-state index contributed by atoms with van der Waals surface area (Å²) in [5.74, 6) is -4.03. The number of aliphatic hydroxyl groups is 2. The summed E-state index contributed by atoms with van der Waals surface area (Å²) >= 11 is 0. The Bertz CT molecular complexity index is 878. The molecule has 0 aromatic heterocycles. The van der Waals surface area contributed by atoms with Crippen LogP contribution in [-0.4, -0.2) is 88.9 Å². The fourth-order valence-electron chi connectivity index (χ4n) is 2.91. The molecule has 1 aromatic carbocycles. The van der Waals surface area contributed by atoms with Crippen LogP contribution in [0.25, 0.3) is 0 Å². The molecular weight excluding hydrogens is 462 g/mol. The second-order valence-electron chi connectivity index (χ2n) is 7.63. The number of aliphatic imine (C=N–C) groups is 1. The molecule has 0 aliphatic carbocycles. The number of nitrogens with zero attached hydrogens (tertiary/aromatic N) is 1. The monoisotopic (exact) mass is 495 g/mol. The molecule has 0 heterocycles. The predicted octanol–water partition coefficient (Wildman–Crippen LogP) is -3.87. The van der Waals surface area contributed by atoms with Crippen LogP contribution in [0.2, 0.25) is 0 Å². The van der Waals surface area contributed by atoms with Gasteiger partial charge in [0, 0.05) is 13.0 Å². The first-order valence-electron chi connectivity index (χ1n) is 10.8. The average Bonchev–Trinajstić information content (AvgIpc) is 2.82. The SMILES string of the molecule is NC(N)=NCCCC(N)C(=O)NC(Cc1ccccc1)C(=O)NC(CO)C(=O)NC(CO)C(=O)O. The molecule has 4 unspecified atom stereocenters. The van der Waals surface area contributed by atoms with Crippen molar-refractivity contribution in [3.05, 3.63) is 35.9 Å². The van der Waals surface area contributed by atoms with Gasteiger partial charge in [0.15, 0.2) is 5.96 Å². The third-order valence-electron chi connectivity index (χ3n) is 4.83. The van der Waals surface area contributed by atoms with Crippen molar-refractivity contribution >= 4 is 29.7 Å². The van der Waals surface area contributed by atoms with Crippen LogP contribution in [0.15, 0.2) is 35.3 Å². The number of aliphatic hydroxyl groups excluding tert-OH is 2. The summed E-state index contributed by atoms with van der Waals surface area (Å²) in [4.78, 5) is 52.7. The summed E-state index contributed by atoms with van der Waals surface area (Å²) in [6.45, 7) is -1.47. The van der Waals surface area contributed by atoms with Crippen molar-refractivity contribution in [1.82, 2.24) is 16.0 Å². The minimum atomic E-state index is -1.62. The van der Waals surface area contributed by atoms with Crippen molar-refractivity contribution < 1.29 is 34.5 Å². The van der Waals surface area contributed by atoms with E-state index in [4.69, 9.17) is 27.4 Å². The molecule has 35 heavy (non-hydrogen) atoms. The number of nitrogens with one attached hydrogen (secondary N) is 3. The number of carbonyl (C=O) groups is 4. The number of carboxylic acids is 1. The number of guanidine groups is 1. The van der Waals surface area contributed by atoms with Gasteiger partial charge in [-0.1, -0.05) is 30.3 Å². The highest BCUT2D eigenvalue weighted by atomic mass is 16.4. The smallest absolute Gasteiger partial charge is 0.328 e. The third-order valence-corrected chi connectivity index (χ3v) is 4.83. The van der Waals surface area contributed by atoms with E-state index in [1.807, 2.05) is 5.32 Å². The van der Waals surface area contributed by atoms with E-state index in [1.54, 1.807) is 30.3 Å². The normalized spacial score (nSPS) is 14.0. The van der Waals surface area contributed by atoms with Gasteiger partial charge in [-0.25, -0.2) is 4.79 Å². The van der Waals surface area contributed by atoms with Gasteiger partial charge >= 0.3 is 5.97 Å². The Morgan fingerprint density at radius 1 is 0.857 bits per heavy atom. The molecule has 14 heteroatoms. The van der Waals surface area contributed by atoms with Crippen molar-refractivity contribution in [1.29, 1.82) is 0 Å². The van der Waals surface area contributed by atoms with Crippen molar-refractivity contribution in [2.24, 2.45) is 22.2 Å². The lowest BCUT2D eigenvalue weighted by Gasteiger charge is -2.24. The van der Waals surface area contributed by atoms with Crippen LogP contribution in [-0.2, 0) is 25.6 Å². The number of nitrogens with two attached hydrogens (primary N) is 3. The zero-order chi connectivity index (χ0) is 26.4. The van der Waals surface area contributed by atoms with E-state index in [1.165, 1.54) is 0 Å². The largest absolute Gasteiger partial charge is 0.480 e. The van der Waals surface area contributed by atoms with Crippen molar-refractivity contribution in [3.8, 4) is 0 Å². The number of benzene rings is 1. The lowest BCUT2D eigenvalue weighted by atomic mass is 10.0. The Labute approximate surface area is 201 Å². The fraction of sp³-hybridized carbons (Fsp3) is 0.476. The summed E-state index contributed by atoms with van der Waals surface area (Å²) in [6, 6.07) is 3.45.